The standard InChI is InChI=1S/C18H23N7/c1-13(18-20-21-22-25(18)15-5-6-15)23-9-11-24(12-10-23)16-4-2-3-14-7-8-19-17(14)16/h2-4,7-8,13,15,19H,5-6,9-12H2,1H3. The number of benzene rings is 1. The van der Waals surface area contributed by atoms with Gasteiger partial charge in [0, 0.05) is 37.8 Å². The number of piperazine rings is 1. The average Bonchev–Trinajstić information content (AvgIpc) is 3.19. The van der Waals surface area contributed by atoms with E-state index in [-0.39, 0.29) is 6.04 Å². The molecule has 2 aliphatic rings. The molecule has 1 saturated heterocycles. The lowest BCUT2D eigenvalue weighted by atomic mass is 10.1. The molecule has 7 nitrogen and oxygen atoms in total. The number of anilines is 1. The highest BCUT2D eigenvalue weighted by Gasteiger charge is 2.32. The summed E-state index contributed by atoms with van der Waals surface area (Å²) in [7, 11) is 0. The number of para-hydroxylation sites is 1. The molecule has 1 N–H and O–H groups in total. The Kier molecular flexibility index (Phi) is 3.48. The van der Waals surface area contributed by atoms with Crippen LogP contribution in [0.25, 0.3) is 10.9 Å². The minimum Gasteiger partial charge on any atom is -0.367 e. The Morgan fingerprint density at radius 3 is 2.76 bits per heavy atom. The number of H-pyrrole nitrogens is 1. The molecule has 0 amide bonds. The van der Waals surface area contributed by atoms with E-state index in [1.165, 1.54) is 29.4 Å². The van der Waals surface area contributed by atoms with Crippen molar-refractivity contribution in [2.45, 2.75) is 31.8 Å². The monoisotopic (exact) mass is 337 g/mol. The van der Waals surface area contributed by atoms with Gasteiger partial charge in [-0.15, -0.1) is 5.10 Å². The third-order valence-electron chi connectivity index (χ3n) is 5.55. The molecule has 2 aromatic heterocycles. The molecular weight excluding hydrogens is 314 g/mol. The molecule has 25 heavy (non-hydrogen) atoms. The van der Waals surface area contributed by atoms with Crippen molar-refractivity contribution < 1.29 is 0 Å². The van der Waals surface area contributed by atoms with Crippen molar-refractivity contribution in [2.24, 2.45) is 0 Å². The average molecular weight is 337 g/mol. The van der Waals surface area contributed by atoms with Crippen LogP contribution in [0.3, 0.4) is 0 Å². The summed E-state index contributed by atoms with van der Waals surface area (Å²) >= 11 is 0. The number of hydrogen-bond acceptors (Lipinski definition) is 5. The van der Waals surface area contributed by atoms with Crippen LogP contribution in [0.2, 0.25) is 0 Å². The lowest BCUT2D eigenvalue weighted by Gasteiger charge is -2.38. The Morgan fingerprint density at radius 1 is 1.12 bits per heavy atom. The summed E-state index contributed by atoms with van der Waals surface area (Å²) in [5, 5.41) is 13.7. The van der Waals surface area contributed by atoms with Crippen molar-refractivity contribution in [2.75, 3.05) is 31.1 Å². The maximum absolute atomic E-state index is 4.31. The van der Waals surface area contributed by atoms with Crippen molar-refractivity contribution >= 4 is 16.6 Å². The predicted molar refractivity (Wildman–Crippen MR) is 96.6 cm³/mol. The second-order valence-electron chi connectivity index (χ2n) is 7.13. The van der Waals surface area contributed by atoms with Gasteiger partial charge in [-0.05, 0) is 42.3 Å². The van der Waals surface area contributed by atoms with Gasteiger partial charge < -0.3 is 9.88 Å². The Balaban J connectivity index is 1.31. The van der Waals surface area contributed by atoms with E-state index < -0.39 is 0 Å². The minimum atomic E-state index is 0.263. The first-order chi connectivity index (χ1) is 12.3. The summed E-state index contributed by atoms with van der Waals surface area (Å²) in [4.78, 5) is 8.36. The van der Waals surface area contributed by atoms with E-state index in [1.54, 1.807) is 0 Å². The van der Waals surface area contributed by atoms with Gasteiger partial charge in [0.2, 0.25) is 0 Å². The first-order valence-corrected chi connectivity index (χ1v) is 9.14. The summed E-state index contributed by atoms with van der Waals surface area (Å²) in [6, 6.07) is 9.44. The van der Waals surface area contributed by atoms with Crippen LogP contribution in [-0.4, -0.2) is 56.3 Å². The van der Waals surface area contributed by atoms with Crippen molar-refractivity contribution in [1.82, 2.24) is 30.1 Å². The molecule has 1 saturated carbocycles. The van der Waals surface area contributed by atoms with Crippen LogP contribution in [0.5, 0.6) is 0 Å². The van der Waals surface area contributed by atoms with E-state index in [2.05, 4.69) is 61.5 Å². The topological polar surface area (TPSA) is 65.9 Å². The number of tetrazole rings is 1. The zero-order valence-corrected chi connectivity index (χ0v) is 14.5. The van der Waals surface area contributed by atoms with Crippen molar-refractivity contribution in [3.8, 4) is 0 Å². The Morgan fingerprint density at radius 2 is 1.96 bits per heavy atom. The summed E-state index contributed by atoms with van der Waals surface area (Å²) in [5.74, 6) is 1.02. The third kappa shape index (κ3) is 2.59. The van der Waals surface area contributed by atoms with Gasteiger partial charge in [-0.1, -0.05) is 12.1 Å². The molecule has 0 radical (unpaired) electrons. The summed E-state index contributed by atoms with van der Waals surface area (Å²) in [5.41, 5.74) is 2.54. The van der Waals surface area contributed by atoms with Gasteiger partial charge in [-0.2, -0.15) is 0 Å². The molecule has 1 unspecified atom stereocenters. The molecule has 5 rings (SSSR count). The number of aromatic nitrogens is 5. The Labute approximate surface area is 146 Å². The highest BCUT2D eigenvalue weighted by Crippen LogP contribution is 2.36. The molecule has 1 aromatic carbocycles. The Bertz CT molecular complexity index is 870. The van der Waals surface area contributed by atoms with Crippen molar-refractivity contribution in [3.05, 3.63) is 36.3 Å². The molecule has 3 aromatic rings. The number of nitrogens with one attached hydrogen (secondary N) is 1. The molecule has 1 atom stereocenters. The van der Waals surface area contributed by atoms with E-state index in [0.29, 0.717) is 6.04 Å². The lowest BCUT2D eigenvalue weighted by molar-refractivity contribution is 0.186. The van der Waals surface area contributed by atoms with E-state index in [4.69, 9.17) is 0 Å². The SMILES string of the molecule is CC(c1nnnn1C1CC1)N1CCN(c2cccc3cc[nH]c23)CC1. The number of aromatic amines is 1. The predicted octanol–water partition coefficient (Wildman–Crippen LogP) is 2.37. The lowest BCUT2D eigenvalue weighted by Crippen LogP contribution is -2.47. The normalized spacial score (nSPS) is 20.3. The summed E-state index contributed by atoms with van der Waals surface area (Å²) in [6.45, 7) is 6.32. The van der Waals surface area contributed by atoms with E-state index >= 15 is 0 Å². The minimum absolute atomic E-state index is 0.263. The van der Waals surface area contributed by atoms with Crippen LogP contribution >= 0.6 is 0 Å². The molecule has 130 valence electrons. The largest absolute Gasteiger partial charge is 0.367 e. The summed E-state index contributed by atoms with van der Waals surface area (Å²) in [6.07, 6.45) is 4.43. The second-order valence-corrected chi connectivity index (χ2v) is 7.13. The van der Waals surface area contributed by atoms with Crippen LogP contribution in [-0.2, 0) is 0 Å². The summed E-state index contributed by atoms with van der Waals surface area (Å²) < 4.78 is 2.04. The second kappa shape index (κ2) is 5.84. The van der Waals surface area contributed by atoms with Crippen LogP contribution in [0.15, 0.2) is 30.5 Å². The number of hydrogen-bond donors (Lipinski definition) is 1. The molecule has 2 fully saturated rings. The van der Waals surface area contributed by atoms with Crippen LogP contribution in [0, 0.1) is 0 Å². The fourth-order valence-electron chi connectivity index (χ4n) is 3.90. The fraction of sp³-hybridized carbons (Fsp3) is 0.500. The first kappa shape index (κ1) is 14.9. The zero-order chi connectivity index (χ0) is 16.8. The Hall–Kier alpha value is -2.41. The van der Waals surface area contributed by atoms with Gasteiger partial charge in [0.05, 0.1) is 23.3 Å². The molecule has 3 heterocycles. The van der Waals surface area contributed by atoms with Gasteiger partial charge in [0.1, 0.15) is 0 Å². The highest BCUT2D eigenvalue weighted by atomic mass is 15.6. The van der Waals surface area contributed by atoms with Crippen molar-refractivity contribution in [1.29, 1.82) is 0 Å². The van der Waals surface area contributed by atoms with Crippen molar-refractivity contribution in [3.63, 3.8) is 0 Å². The quantitative estimate of drug-likeness (QED) is 0.792. The molecule has 1 aliphatic carbocycles. The van der Waals surface area contributed by atoms with Gasteiger partial charge >= 0.3 is 0 Å². The maximum Gasteiger partial charge on any atom is 0.168 e. The van der Waals surface area contributed by atoms with Crippen LogP contribution in [0.4, 0.5) is 5.69 Å². The van der Waals surface area contributed by atoms with Gasteiger partial charge in [-0.25, -0.2) is 4.68 Å². The smallest absolute Gasteiger partial charge is 0.168 e. The van der Waals surface area contributed by atoms with E-state index in [9.17, 15) is 0 Å². The molecular formula is C18H23N7. The zero-order valence-electron chi connectivity index (χ0n) is 14.5. The van der Waals surface area contributed by atoms with E-state index in [0.717, 1.165) is 32.0 Å². The van der Waals surface area contributed by atoms with Gasteiger partial charge in [0.25, 0.3) is 0 Å². The molecule has 0 bridgehead atoms. The first-order valence-electron chi connectivity index (χ1n) is 9.14. The maximum atomic E-state index is 4.31. The molecule has 1 aliphatic heterocycles. The van der Waals surface area contributed by atoms with Crippen LogP contribution < -0.4 is 4.90 Å². The van der Waals surface area contributed by atoms with Gasteiger partial charge in [0.15, 0.2) is 5.82 Å². The third-order valence-corrected chi connectivity index (χ3v) is 5.55. The highest BCUT2D eigenvalue weighted by molar-refractivity contribution is 5.91. The fourth-order valence-corrected chi connectivity index (χ4v) is 3.90. The number of rotatable bonds is 4. The molecule has 7 heteroatoms. The van der Waals surface area contributed by atoms with Crippen LogP contribution in [0.1, 0.15) is 37.7 Å². The molecule has 0 spiro atoms. The van der Waals surface area contributed by atoms with Gasteiger partial charge in [-0.3, -0.25) is 4.90 Å². The number of nitrogens with zero attached hydrogens (tertiary/aromatic N) is 6. The van der Waals surface area contributed by atoms with E-state index in [1.807, 2.05) is 10.9 Å². The number of fused-ring (bicyclic) bond motifs is 1.